The molecule has 2 aromatic rings. The van der Waals surface area contributed by atoms with E-state index in [0.717, 1.165) is 48.3 Å². The minimum Gasteiger partial charge on any atom is -0.383 e. The number of piperidine rings is 1. The normalized spacial score (nSPS) is 19.5. The Labute approximate surface area is 159 Å². The molecule has 0 unspecified atom stereocenters. The number of benzene rings is 1. The van der Waals surface area contributed by atoms with E-state index in [9.17, 15) is 4.79 Å². The molecule has 2 aliphatic heterocycles. The van der Waals surface area contributed by atoms with Gasteiger partial charge in [-0.1, -0.05) is 30.3 Å². The smallest absolute Gasteiger partial charge is 0.229 e. The first-order valence-electron chi connectivity index (χ1n) is 9.52. The predicted octanol–water partition coefficient (Wildman–Crippen LogP) is 3.47. The molecule has 140 valence electrons. The van der Waals surface area contributed by atoms with Gasteiger partial charge >= 0.3 is 0 Å². The summed E-state index contributed by atoms with van der Waals surface area (Å²) in [5, 5.41) is 3.31. The van der Waals surface area contributed by atoms with Gasteiger partial charge < -0.3 is 16.0 Å². The van der Waals surface area contributed by atoms with Gasteiger partial charge in [0.1, 0.15) is 11.6 Å². The summed E-state index contributed by atoms with van der Waals surface area (Å²) in [4.78, 5) is 24.1. The van der Waals surface area contributed by atoms with E-state index < -0.39 is 0 Å². The third kappa shape index (κ3) is 3.16. The largest absolute Gasteiger partial charge is 0.383 e. The highest BCUT2D eigenvalue weighted by Crippen LogP contribution is 2.44. The van der Waals surface area contributed by atoms with Crippen LogP contribution in [0.5, 0.6) is 0 Å². The predicted molar refractivity (Wildman–Crippen MR) is 108 cm³/mol. The average molecular weight is 363 g/mol. The quantitative estimate of drug-likeness (QED) is 0.869. The van der Waals surface area contributed by atoms with Gasteiger partial charge in [0.25, 0.3) is 0 Å². The number of hydrogen-bond acceptors (Lipinski definition) is 6. The molecule has 3 heterocycles. The van der Waals surface area contributed by atoms with Gasteiger partial charge in [-0.15, -0.1) is 0 Å². The van der Waals surface area contributed by atoms with Crippen molar-refractivity contribution in [1.82, 2.24) is 9.97 Å². The highest BCUT2D eigenvalue weighted by atomic mass is 16.1. The zero-order valence-corrected chi connectivity index (χ0v) is 15.8. The molecule has 0 amide bonds. The Kier molecular flexibility index (Phi) is 4.56. The van der Waals surface area contributed by atoms with Crippen LogP contribution in [0, 0.1) is 0 Å². The standard InChI is InChI=1S/C21H25N5O/c1-13-16(14(2)27)17(15-9-5-3-6-10-15)18-19(22)24-21(25-20(18)23-13)26-11-7-4-8-12-26/h3,5-6,9-10,17H,4,7-8,11-12H2,1-2H3,(H3,22,23,24,25)/t17-/m1/s1. The lowest BCUT2D eigenvalue weighted by molar-refractivity contribution is -0.113. The summed E-state index contributed by atoms with van der Waals surface area (Å²) in [7, 11) is 0. The summed E-state index contributed by atoms with van der Waals surface area (Å²) in [5.41, 5.74) is 9.78. The first-order chi connectivity index (χ1) is 13.1. The van der Waals surface area contributed by atoms with E-state index in [2.05, 4.69) is 15.2 Å². The topological polar surface area (TPSA) is 84.1 Å². The van der Waals surface area contributed by atoms with Gasteiger partial charge in [0.15, 0.2) is 5.78 Å². The van der Waals surface area contributed by atoms with Crippen molar-refractivity contribution < 1.29 is 4.79 Å². The lowest BCUT2D eigenvalue weighted by Gasteiger charge is -2.32. The molecule has 0 aliphatic carbocycles. The Morgan fingerprint density at radius 3 is 2.52 bits per heavy atom. The number of carbonyl (C=O) groups excluding carboxylic acids is 1. The van der Waals surface area contributed by atoms with Crippen LogP contribution in [-0.2, 0) is 4.79 Å². The first kappa shape index (κ1) is 17.5. The van der Waals surface area contributed by atoms with E-state index >= 15 is 0 Å². The maximum absolute atomic E-state index is 12.4. The fraction of sp³-hybridized carbons (Fsp3) is 0.381. The van der Waals surface area contributed by atoms with Crippen molar-refractivity contribution >= 4 is 23.4 Å². The van der Waals surface area contributed by atoms with E-state index in [-0.39, 0.29) is 11.7 Å². The SMILES string of the molecule is CC(=O)C1=C(C)Nc2nc(N3CCCCC3)nc(N)c2[C@@H]1c1ccccc1. The molecule has 3 N–H and O–H groups in total. The Morgan fingerprint density at radius 1 is 1.15 bits per heavy atom. The van der Waals surface area contributed by atoms with Crippen LogP contribution in [0.15, 0.2) is 41.6 Å². The van der Waals surface area contributed by atoms with Gasteiger partial charge in [-0.05, 0) is 38.7 Å². The van der Waals surface area contributed by atoms with E-state index in [0.29, 0.717) is 17.6 Å². The molecule has 0 bridgehead atoms. The zero-order valence-electron chi connectivity index (χ0n) is 15.8. The van der Waals surface area contributed by atoms with Crippen molar-refractivity contribution in [3.05, 3.63) is 52.7 Å². The minimum absolute atomic E-state index is 0.0269. The second-order valence-corrected chi connectivity index (χ2v) is 7.28. The molecule has 6 heteroatoms. The number of nitrogen functional groups attached to an aromatic ring is 1. The lowest BCUT2D eigenvalue weighted by atomic mass is 9.80. The van der Waals surface area contributed by atoms with Gasteiger partial charge in [0.2, 0.25) is 5.95 Å². The minimum atomic E-state index is -0.254. The zero-order chi connectivity index (χ0) is 19.0. The summed E-state index contributed by atoms with van der Waals surface area (Å²) in [6.45, 7) is 5.43. The number of aromatic nitrogens is 2. The van der Waals surface area contributed by atoms with Crippen molar-refractivity contribution in [2.45, 2.75) is 39.0 Å². The van der Waals surface area contributed by atoms with E-state index in [1.165, 1.54) is 6.42 Å². The van der Waals surface area contributed by atoms with E-state index in [4.69, 9.17) is 10.7 Å². The highest BCUT2D eigenvalue weighted by Gasteiger charge is 2.34. The fourth-order valence-electron chi connectivity index (χ4n) is 4.14. The average Bonchev–Trinajstić information content (AvgIpc) is 2.67. The Hall–Kier alpha value is -2.89. The molecule has 2 aliphatic rings. The van der Waals surface area contributed by atoms with Gasteiger partial charge in [-0.3, -0.25) is 4.79 Å². The molecule has 0 spiro atoms. The van der Waals surface area contributed by atoms with Gasteiger partial charge in [0.05, 0.1) is 0 Å². The third-order valence-corrected chi connectivity index (χ3v) is 5.40. The fourth-order valence-corrected chi connectivity index (χ4v) is 4.14. The molecular weight excluding hydrogens is 338 g/mol. The van der Waals surface area contributed by atoms with Crippen LogP contribution in [0.3, 0.4) is 0 Å². The number of ketones is 1. The molecule has 1 fully saturated rings. The number of carbonyl (C=O) groups is 1. The second kappa shape index (κ2) is 7.02. The van der Waals surface area contributed by atoms with Crippen molar-refractivity contribution in [1.29, 1.82) is 0 Å². The molecule has 1 aromatic heterocycles. The Bertz CT molecular complexity index is 900. The summed E-state index contributed by atoms with van der Waals surface area (Å²) >= 11 is 0. The Balaban J connectivity index is 1.86. The number of hydrogen-bond donors (Lipinski definition) is 2. The summed E-state index contributed by atoms with van der Waals surface area (Å²) in [5.74, 6) is 1.59. The van der Waals surface area contributed by atoms with Crippen LogP contribution in [0.2, 0.25) is 0 Å². The summed E-state index contributed by atoms with van der Waals surface area (Å²) in [6, 6.07) is 9.96. The van der Waals surface area contributed by atoms with Gasteiger partial charge in [-0.25, -0.2) is 0 Å². The molecule has 1 atom stereocenters. The van der Waals surface area contributed by atoms with Crippen molar-refractivity contribution in [3.8, 4) is 0 Å². The van der Waals surface area contributed by atoms with Gasteiger partial charge in [0, 0.05) is 35.8 Å². The molecule has 27 heavy (non-hydrogen) atoms. The van der Waals surface area contributed by atoms with Crippen molar-refractivity contribution in [3.63, 3.8) is 0 Å². The number of nitrogens with one attached hydrogen (secondary N) is 1. The number of nitrogens with two attached hydrogens (primary N) is 1. The number of allylic oxidation sites excluding steroid dienone is 2. The molecule has 1 saturated heterocycles. The molecule has 1 aromatic carbocycles. The molecule has 4 rings (SSSR count). The van der Waals surface area contributed by atoms with E-state index in [1.807, 2.05) is 37.3 Å². The maximum atomic E-state index is 12.4. The Morgan fingerprint density at radius 2 is 1.85 bits per heavy atom. The van der Waals surface area contributed by atoms with Crippen LogP contribution in [0.4, 0.5) is 17.6 Å². The molecule has 0 radical (unpaired) electrons. The third-order valence-electron chi connectivity index (χ3n) is 5.40. The van der Waals surface area contributed by atoms with Crippen molar-refractivity contribution in [2.24, 2.45) is 0 Å². The number of anilines is 3. The molecular formula is C21H25N5O. The monoisotopic (exact) mass is 363 g/mol. The van der Waals surface area contributed by atoms with Gasteiger partial charge in [-0.2, -0.15) is 9.97 Å². The second-order valence-electron chi connectivity index (χ2n) is 7.28. The summed E-state index contributed by atoms with van der Waals surface area (Å²) in [6.07, 6.45) is 3.54. The van der Waals surface area contributed by atoms with E-state index in [1.54, 1.807) is 6.92 Å². The van der Waals surface area contributed by atoms with Crippen LogP contribution < -0.4 is 16.0 Å². The first-order valence-corrected chi connectivity index (χ1v) is 9.52. The highest BCUT2D eigenvalue weighted by molar-refractivity contribution is 5.98. The lowest BCUT2D eigenvalue weighted by Crippen LogP contribution is -2.32. The molecule has 6 nitrogen and oxygen atoms in total. The number of Topliss-reactive ketones (excluding diaryl/α,β-unsaturated/α-hetero) is 1. The van der Waals surface area contributed by atoms with Crippen LogP contribution in [-0.4, -0.2) is 28.8 Å². The number of nitrogens with zero attached hydrogens (tertiary/aromatic N) is 3. The van der Waals surface area contributed by atoms with Crippen LogP contribution >= 0.6 is 0 Å². The summed E-state index contributed by atoms with van der Waals surface area (Å²) < 4.78 is 0. The van der Waals surface area contributed by atoms with Crippen LogP contribution in [0.25, 0.3) is 0 Å². The molecule has 0 saturated carbocycles. The van der Waals surface area contributed by atoms with Crippen molar-refractivity contribution in [2.75, 3.05) is 29.0 Å². The number of fused-ring (bicyclic) bond motifs is 1. The van der Waals surface area contributed by atoms with Crippen LogP contribution in [0.1, 0.15) is 50.2 Å². The number of rotatable bonds is 3. The maximum Gasteiger partial charge on any atom is 0.229 e.